The summed E-state index contributed by atoms with van der Waals surface area (Å²) >= 11 is 0. The van der Waals surface area contributed by atoms with Gasteiger partial charge >= 0.3 is 0 Å². The number of hydrogen-bond donors (Lipinski definition) is 13. The van der Waals surface area contributed by atoms with Gasteiger partial charge in [-0.15, -0.1) is 0 Å². The fourth-order valence-corrected chi connectivity index (χ4v) is 6.09. The lowest BCUT2D eigenvalue weighted by Crippen LogP contribution is -2.68. The molecule has 0 unspecified atom stereocenters. The van der Waals surface area contributed by atoms with Crippen LogP contribution in [0.5, 0.6) is 0 Å². The van der Waals surface area contributed by atoms with Crippen LogP contribution in [0.1, 0.15) is 13.8 Å². The SMILES string of the molecule is CC(C)[C@@H]1O[C@H](CO)[C@@H](O)[C@H](O[C@@H]2O[C@H](CO)[C@@H](O)[C@H](O)[C@H]2O)[C@H]1O[C@@H]1O[C@H](CO)[C@@H](O)[C@H](O)[C@H]1O[C@@H]1O[C@H](CO)[C@@H](O)[C@H](O)[C@H]1O. The zero-order valence-electron chi connectivity index (χ0n) is 25.6. The lowest BCUT2D eigenvalue weighted by molar-refractivity contribution is -0.393. The molecule has 4 heterocycles. The Morgan fingerprint density at radius 3 is 1.19 bits per heavy atom. The summed E-state index contributed by atoms with van der Waals surface area (Å²) in [5.41, 5.74) is 0. The van der Waals surface area contributed by atoms with E-state index in [2.05, 4.69) is 0 Å². The van der Waals surface area contributed by atoms with Gasteiger partial charge in [0.2, 0.25) is 0 Å². The van der Waals surface area contributed by atoms with Gasteiger partial charge in [-0.25, -0.2) is 0 Å². The van der Waals surface area contributed by atoms with Crippen LogP contribution in [0.3, 0.4) is 0 Å². The van der Waals surface area contributed by atoms with Gasteiger partial charge in [0.25, 0.3) is 0 Å². The molecule has 0 aliphatic carbocycles. The van der Waals surface area contributed by atoms with Crippen molar-refractivity contribution in [3.05, 3.63) is 0 Å². The molecule has 276 valence electrons. The number of rotatable bonds is 11. The molecular formula is C27H48O20. The summed E-state index contributed by atoms with van der Waals surface area (Å²) in [7, 11) is 0. The van der Waals surface area contributed by atoms with Crippen molar-refractivity contribution in [2.24, 2.45) is 5.92 Å². The third-order valence-electron chi connectivity index (χ3n) is 8.93. The second-order valence-electron chi connectivity index (χ2n) is 12.5. The van der Waals surface area contributed by atoms with Crippen molar-refractivity contribution in [3.63, 3.8) is 0 Å². The Labute approximate surface area is 268 Å². The van der Waals surface area contributed by atoms with E-state index in [-0.39, 0.29) is 0 Å². The predicted octanol–water partition coefficient (Wildman–Crippen LogP) is -8.04. The summed E-state index contributed by atoms with van der Waals surface area (Å²) < 4.78 is 40.2. The van der Waals surface area contributed by atoms with E-state index in [1.807, 2.05) is 0 Å². The van der Waals surface area contributed by atoms with Crippen LogP contribution in [0.2, 0.25) is 0 Å². The first-order valence-corrected chi connectivity index (χ1v) is 15.3. The summed E-state index contributed by atoms with van der Waals surface area (Å²) in [5.74, 6) is -0.472. The van der Waals surface area contributed by atoms with Crippen molar-refractivity contribution in [2.75, 3.05) is 26.4 Å². The van der Waals surface area contributed by atoms with Gasteiger partial charge in [0, 0.05) is 0 Å². The van der Waals surface area contributed by atoms with Gasteiger partial charge in [0.15, 0.2) is 18.9 Å². The molecule has 20 nitrogen and oxygen atoms in total. The average molecular weight is 693 g/mol. The van der Waals surface area contributed by atoms with Crippen LogP contribution in [0.25, 0.3) is 0 Å². The van der Waals surface area contributed by atoms with Gasteiger partial charge in [-0.05, 0) is 5.92 Å². The molecule has 0 spiro atoms. The van der Waals surface area contributed by atoms with Crippen molar-refractivity contribution in [2.45, 2.75) is 136 Å². The topological polar surface area (TPSA) is 328 Å². The van der Waals surface area contributed by atoms with Crippen LogP contribution < -0.4 is 0 Å². The largest absolute Gasteiger partial charge is 0.394 e. The second-order valence-corrected chi connectivity index (χ2v) is 12.5. The highest BCUT2D eigenvalue weighted by molar-refractivity contribution is 5.00. The monoisotopic (exact) mass is 692 g/mol. The van der Waals surface area contributed by atoms with Gasteiger partial charge in [-0.3, -0.25) is 0 Å². The first-order chi connectivity index (χ1) is 22.2. The zero-order valence-corrected chi connectivity index (χ0v) is 25.6. The molecular weight excluding hydrogens is 644 g/mol. The van der Waals surface area contributed by atoms with Crippen LogP contribution in [0.15, 0.2) is 0 Å². The maximum Gasteiger partial charge on any atom is 0.187 e. The van der Waals surface area contributed by atoms with E-state index in [1.54, 1.807) is 13.8 Å². The van der Waals surface area contributed by atoms with E-state index in [9.17, 15) is 66.4 Å². The molecule has 0 amide bonds. The van der Waals surface area contributed by atoms with Crippen molar-refractivity contribution in [1.29, 1.82) is 0 Å². The first-order valence-electron chi connectivity index (χ1n) is 15.3. The fraction of sp³-hybridized carbons (Fsp3) is 1.00. The number of ether oxygens (including phenoxy) is 7. The van der Waals surface area contributed by atoms with Crippen molar-refractivity contribution < 1.29 is 99.5 Å². The summed E-state index contributed by atoms with van der Waals surface area (Å²) in [5, 5.41) is 134. The lowest BCUT2D eigenvalue weighted by atomic mass is 9.88. The van der Waals surface area contributed by atoms with Crippen LogP contribution in [0.4, 0.5) is 0 Å². The molecule has 4 aliphatic rings. The normalized spacial score (nSPS) is 51.3. The highest BCUT2D eigenvalue weighted by Crippen LogP contribution is 2.37. The molecule has 0 aromatic carbocycles. The smallest absolute Gasteiger partial charge is 0.187 e. The molecule has 0 radical (unpaired) electrons. The van der Waals surface area contributed by atoms with Gasteiger partial charge in [-0.1, -0.05) is 13.8 Å². The molecule has 0 aromatic rings. The first kappa shape index (κ1) is 39.0. The third kappa shape index (κ3) is 7.92. The van der Waals surface area contributed by atoms with Crippen molar-refractivity contribution in [3.8, 4) is 0 Å². The summed E-state index contributed by atoms with van der Waals surface area (Å²) in [6.45, 7) is 0.212. The molecule has 4 rings (SSSR count). The molecule has 47 heavy (non-hydrogen) atoms. The summed E-state index contributed by atoms with van der Waals surface area (Å²) in [6.07, 6.45) is -33.5. The molecule has 4 aliphatic heterocycles. The zero-order chi connectivity index (χ0) is 34.9. The van der Waals surface area contributed by atoms with Crippen molar-refractivity contribution >= 4 is 0 Å². The maximum atomic E-state index is 11.2. The summed E-state index contributed by atoms with van der Waals surface area (Å²) in [6, 6.07) is 0. The van der Waals surface area contributed by atoms with E-state index >= 15 is 0 Å². The molecule has 20 atom stereocenters. The lowest BCUT2D eigenvalue weighted by Gasteiger charge is -2.51. The minimum absolute atomic E-state index is 0.472. The highest BCUT2D eigenvalue weighted by Gasteiger charge is 2.56. The molecule has 0 bridgehead atoms. The average Bonchev–Trinajstić information content (AvgIpc) is 3.05. The Kier molecular flexibility index (Phi) is 13.7. The third-order valence-corrected chi connectivity index (χ3v) is 8.93. The Bertz CT molecular complexity index is 959. The van der Waals surface area contributed by atoms with Crippen LogP contribution in [0, 0.1) is 5.92 Å². The Morgan fingerprint density at radius 1 is 0.404 bits per heavy atom. The Morgan fingerprint density at radius 2 is 0.766 bits per heavy atom. The summed E-state index contributed by atoms with van der Waals surface area (Å²) in [4.78, 5) is 0. The van der Waals surface area contributed by atoms with Crippen LogP contribution in [-0.4, -0.2) is 215 Å². The van der Waals surface area contributed by atoms with E-state index in [0.29, 0.717) is 0 Å². The van der Waals surface area contributed by atoms with Gasteiger partial charge < -0.3 is 99.5 Å². The number of aliphatic hydroxyl groups excluding tert-OH is 13. The van der Waals surface area contributed by atoms with E-state index in [4.69, 9.17) is 33.2 Å². The van der Waals surface area contributed by atoms with Crippen LogP contribution >= 0.6 is 0 Å². The van der Waals surface area contributed by atoms with Crippen molar-refractivity contribution in [1.82, 2.24) is 0 Å². The van der Waals surface area contributed by atoms with Crippen LogP contribution in [-0.2, 0) is 33.2 Å². The number of hydrogen-bond acceptors (Lipinski definition) is 20. The fourth-order valence-electron chi connectivity index (χ4n) is 6.09. The standard InChI is InChI=1S/C27H48O20/c1-7(2)21-24(22(15(35)11(6-31)41-21)45-25-19(39)16(36)12(32)8(3-28)42-25)47-27-23(18(38)14(34)10(5-30)44-27)46-26-20(40)17(37)13(33)9(4-29)43-26/h7-40H,3-6H2,1-2H3/t8-,9-,10-,11-,12-,13-,14-,15-,16+,17+,18+,19-,20-,21+,22+,23-,24+,25+,26+,27+/m1/s1. The molecule has 0 saturated carbocycles. The van der Waals surface area contributed by atoms with E-state index < -0.39 is 155 Å². The Hall–Kier alpha value is -0.800. The molecule has 13 N–H and O–H groups in total. The van der Waals surface area contributed by atoms with E-state index in [1.165, 1.54) is 0 Å². The minimum Gasteiger partial charge on any atom is -0.394 e. The number of aliphatic hydroxyl groups is 13. The predicted molar refractivity (Wildman–Crippen MR) is 147 cm³/mol. The van der Waals surface area contributed by atoms with Gasteiger partial charge in [0.1, 0.15) is 97.7 Å². The Balaban J connectivity index is 1.67. The van der Waals surface area contributed by atoms with Gasteiger partial charge in [-0.2, -0.15) is 0 Å². The second kappa shape index (κ2) is 16.5. The molecule has 4 saturated heterocycles. The molecule has 20 heteroatoms. The molecule has 0 aromatic heterocycles. The van der Waals surface area contributed by atoms with E-state index in [0.717, 1.165) is 0 Å². The maximum absolute atomic E-state index is 11.2. The minimum atomic E-state index is -1.94. The van der Waals surface area contributed by atoms with Gasteiger partial charge in [0.05, 0.1) is 32.5 Å². The quantitative estimate of drug-likeness (QED) is 0.0956. The molecule has 4 fully saturated rings. The highest BCUT2D eigenvalue weighted by atomic mass is 16.8.